The summed E-state index contributed by atoms with van der Waals surface area (Å²) in [6.07, 6.45) is 4.41. The van der Waals surface area contributed by atoms with Crippen LogP contribution in [0.1, 0.15) is 35.4 Å². The van der Waals surface area contributed by atoms with Gasteiger partial charge in [-0.25, -0.2) is 26.9 Å². The van der Waals surface area contributed by atoms with E-state index in [0.717, 1.165) is 10.5 Å². The number of nitrogens with zero attached hydrogens (tertiary/aromatic N) is 2. The molecule has 5 aromatic rings. The zero-order chi connectivity index (χ0) is 44.2. The molecule has 1 N–H and O–H groups in total. The molecule has 316 valence electrons. The second-order valence-corrected chi connectivity index (χ2v) is 16.7. The van der Waals surface area contributed by atoms with Crippen LogP contribution in [0.15, 0.2) is 90.5 Å². The van der Waals surface area contributed by atoms with Gasteiger partial charge in [-0.3, -0.25) is 24.1 Å². The Morgan fingerprint density at radius 1 is 0.742 bits per heavy atom. The maximum absolute atomic E-state index is 15.5. The topological polar surface area (TPSA) is 113 Å². The van der Waals surface area contributed by atoms with Crippen LogP contribution in [0, 0.1) is 46.8 Å². The number of allylic oxidation sites excluding steroid dienone is 2. The van der Waals surface area contributed by atoms with E-state index in [4.69, 9.17) is 32.7 Å². The summed E-state index contributed by atoms with van der Waals surface area (Å²) in [5, 5.41) is 12.7. The van der Waals surface area contributed by atoms with Crippen molar-refractivity contribution >= 4 is 81.1 Å². The number of amides is 4. The highest BCUT2D eigenvalue weighted by Gasteiger charge is 2.77. The van der Waals surface area contributed by atoms with Gasteiger partial charge in [0.05, 0.1) is 31.7 Å². The third-order valence-corrected chi connectivity index (χ3v) is 13.9. The second kappa shape index (κ2) is 14.7. The van der Waals surface area contributed by atoms with Crippen molar-refractivity contribution in [3.63, 3.8) is 0 Å². The second-order valence-electron chi connectivity index (χ2n) is 15.5. The van der Waals surface area contributed by atoms with Gasteiger partial charge in [-0.1, -0.05) is 72.3 Å². The van der Waals surface area contributed by atoms with E-state index in [-0.39, 0.29) is 33.5 Å². The van der Waals surface area contributed by atoms with Crippen LogP contribution in [0.25, 0.3) is 22.9 Å². The summed E-state index contributed by atoms with van der Waals surface area (Å²) in [5.41, 5.74) is -0.103. The van der Waals surface area contributed by atoms with Crippen molar-refractivity contribution in [1.29, 1.82) is 0 Å². The smallest absolute Gasteiger partial charge is 0.258 e. The van der Waals surface area contributed by atoms with Gasteiger partial charge >= 0.3 is 0 Å². The molecular weight excluding hydrogens is 858 g/mol. The van der Waals surface area contributed by atoms with Gasteiger partial charge in [-0.05, 0) is 60.0 Å². The molecule has 0 unspecified atom stereocenters. The summed E-state index contributed by atoms with van der Waals surface area (Å²) < 4.78 is 85.2. The molecule has 3 fully saturated rings. The summed E-state index contributed by atoms with van der Waals surface area (Å²) in [6, 6.07) is 21.4. The number of hydrogen-bond acceptors (Lipinski definition) is 7. The number of phenolic OH excluding ortho intramolecular Hbond substituents is 1. The van der Waals surface area contributed by atoms with Crippen molar-refractivity contribution in [2.24, 2.45) is 17.8 Å². The number of imide groups is 2. The quantitative estimate of drug-likeness (QED) is 0.0330. The van der Waals surface area contributed by atoms with Crippen LogP contribution in [0.4, 0.5) is 33.3 Å². The number of hydrogen-bond donors (Lipinski definition) is 1. The summed E-state index contributed by atoms with van der Waals surface area (Å²) in [5.74, 6) is -21.1. The lowest BCUT2D eigenvalue weighted by atomic mass is 9.56. The summed E-state index contributed by atoms with van der Waals surface area (Å²) in [7, 11) is 3.08. The van der Waals surface area contributed by atoms with Crippen molar-refractivity contribution in [2.75, 3.05) is 24.0 Å². The number of rotatable bonds is 7. The molecular formula is C46H31Cl2F5N2O7. The van der Waals surface area contributed by atoms with Crippen LogP contribution in [0.3, 0.4) is 0 Å². The number of carbonyl (C=O) groups is 4. The van der Waals surface area contributed by atoms with E-state index in [9.17, 15) is 37.5 Å². The fourth-order valence-corrected chi connectivity index (χ4v) is 10.5. The predicted octanol–water partition coefficient (Wildman–Crippen LogP) is 9.20. The van der Waals surface area contributed by atoms with Gasteiger partial charge in [0.25, 0.3) is 11.8 Å². The predicted molar refractivity (Wildman–Crippen MR) is 219 cm³/mol. The lowest BCUT2D eigenvalue weighted by Gasteiger charge is -2.50. The molecule has 0 aromatic heterocycles. The molecule has 2 aliphatic heterocycles. The van der Waals surface area contributed by atoms with Gasteiger partial charge in [0, 0.05) is 22.4 Å². The number of fused-ring (bicyclic) bond motifs is 5. The first-order valence-corrected chi connectivity index (χ1v) is 19.9. The van der Waals surface area contributed by atoms with Crippen molar-refractivity contribution in [1.82, 2.24) is 0 Å². The Bertz CT molecular complexity index is 2840. The summed E-state index contributed by atoms with van der Waals surface area (Å²) in [6.45, 7) is 0. The molecule has 0 spiro atoms. The molecule has 6 atom stereocenters. The van der Waals surface area contributed by atoms with Gasteiger partial charge in [0.15, 0.2) is 33.0 Å². The number of carbonyl (C=O) groups excluding carboxylic acids is 4. The number of anilines is 2. The summed E-state index contributed by atoms with van der Waals surface area (Å²) >= 11 is 14.5. The lowest BCUT2D eigenvalue weighted by Crippen LogP contribution is -2.60. The molecule has 1 saturated carbocycles. The zero-order valence-electron chi connectivity index (χ0n) is 32.4. The number of halogens is 7. The van der Waals surface area contributed by atoms with Gasteiger partial charge in [0.1, 0.15) is 22.9 Å². The van der Waals surface area contributed by atoms with Crippen molar-refractivity contribution in [3.05, 3.63) is 136 Å². The van der Waals surface area contributed by atoms with Gasteiger partial charge in [0.2, 0.25) is 17.6 Å². The third-order valence-electron chi connectivity index (χ3n) is 12.5. The standard InChI is InChI=1S/C46H31Cl2F5N2O7/c1-61-25-14-18-31(62-2)23(19-25)10-7-21-8-12-24(13-9-21)54-41(57)28-17-16-27-30(32(28)42(54)58)20-45(47)43(59)55(39-37(52)35(50)34(49)36(51)38(39)53)44(60)46(45,48)33(27)29-15-11-22-5-3-4-6-26(22)40(29)56/h3-16,18-19,28,30,32-33,56H,17,20H2,1-2H3/t28-,30+,32-,33+,45+,46-/m0/s1. The lowest BCUT2D eigenvalue weighted by molar-refractivity contribution is -0.125. The minimum atomic E-state index is -2.79. The molecule has 9 nitrogen and oxygen atoms in total. The van der Waals surface area contributed by atoms with Gasteiger partial charge in [-0.2, -0.15) is 0 Å². The molecule has 4 amide bonds. The number of aromatic hydroxyl groups is 1. The first kappa shape index (κ1) is 41.1. The number of alkyl halides is 2. The fourth-order valence-electron chi connectivity index (χ4n) is 9.56. The first-order valence-electron chi connectivity index (χ1n) is 19.2. The van der Waals surface area contributed by atoms with E-state index in [1.54, 1.807) is 98.1 Å². The highest BCUT2D eigenvalue weighted by molar-refractivity contribution is 6.58. The van der Waals surface area contributed by atoms with Crippen molar-refractivity contribution in [3.8, 4) is 17.2 Å². The molecule has 5 aromatic carbocycles. The molecule has 2 aliphatic carbocycles. The van der Waals surface area contributed by atoms with Crippen LogP contribution >= 0.6 is 23.2 Å². The van der Waals surface area contributed by atoms with Crippen molar-refractivity contribution < 1.29 is 55.7 Å². The van der Waals surface area contributed by atoms with E-state index in [1.165, 1.54) is 13.2 Å². The molecule has 0 radical (unpaired) electrons. The van der Waals surface area contributed by atoms with E-state index >= 15 is 8.78 Å². The maximum atomic E-state index is 15.5. The molecule has 2 heterocycles. The molecule has 16 heteroatoms. The maximum Gasteiger partial charge on any atom is 0.258 e. The number of ether oxygens (including phenoxy) is 2. The van der Waals surface area contributed by atoms with E-state index < -0.39 is 104 Å². The average molecular weight is 890 g/mol. The largest absolute Gasteiger partial charge is 0.507 e. The Balaban J connectivity index is 1.13. The van der Waals surface area contributed by atoms with Crippen LogP contribution < -0.4 is 19.3 Å². The molecule has 9 rings (SSSR count). The van der Waals surface area contributed by atoms with E-state index in [0.29, 0.717) is 22.4 Å². The van der Waals surface area contributed by atoms with Crippen LogP contribution in [-0.4, -0.2) is 52.7 Å². The van der Waals surface area contributed by atoms with E-state index in [1.807, 2.05) is 0 Å². The van der Waals surface area contributed by atoms with Crippen LogP contribution in [-0.2, 0) is 19.2 Å². The Kier molecular flexibility index (Phi) is 9.75. The number of methoxy groups -OCH3 is 2. The highest BCUT2D eigenvalue weighted by atomic mass is 35.5. The Morgan fingerprint density at radius 2 is 1.42 bits per heavy atom. The molecule has 0 bridgehead atoms. The minimum absolute atomic E-state index is 0.0721. The van der Waals surface area contributed by atoms with Crippen molar-refractivity contribution in [2.45, 2.75) is 28.5 Å². The molecule has 4 aliphatic rings. The Morgan fingerprint density at radius 3 is 2.10 bits per heavy atom. The normalized spacial score (nSPS) is 25.7. The van der Waals surface area contributed by atoms with Crippen LogP contribution in [0.2, 0.25) is 0 Å². The van der Waals surface area contributed by atoms with Crippen LogP contribution in [0.5, 0.6) is 17.2 Å². The Labute approximate surface area is 359 Å². The van der Waals surface area contributed by atoms with E-state index in [2.05, 4.69) is 0 Å². The Hall–Kier alpha value is -6.25. The summed E-state index contributed by atoms with van der Waals surface area (Å²) in [4.78, 5) is 53.4. The van der Waals surface area contributed by atoms with Gasteiger partial charge in [-0.15, -0.1) is 23.2 Å². The molecule has 2 saturated heterocycles. The fraction of sp³-hybridized carbons (Fsp3) is 0.217. The number of phenols is 1. The van der Waals surface area contributed by atoms with Gasteiger partial charge < -0.3 is 14.6 Å². The monoisotopic (exact) mass is 888 g/mol. The first-order chi connectivity index (χ1) is 29.6. The highest BCUT2D eigenvalue weighted by Crippen LogP contribution is 2.67. The minimum Gasteiger partial charge on any atom is -0.507 e. The zero-order valence-corrected chi connectivity index (χ0v) is 33.9. The number of benzene rings is 5. The molecule has 62 heavy (non-hydrogen) atoms. The average Bonchev–Trinajstić information content (AvgIpc) is 3.62. The SMILES string of the molecule is COc1ccc(OC)c(C=Cc2ccc(N3C(=O)[C@H]4[C@H](CC=C5[C@H]4C[C@@]4(Cl)C(=O)N(c6c(F)c(F)c(F)c(F)c6F)C(=O)[C@@]4(Cl)[C@H]5c4ccc5ccccc5c4O)C3=O)cc2)c1. The third kappa shape index (κ3) is 5.65.